The highest BCUT2D eigenvalue weighted by atomic mass is 32.2. The van der Waals surface area contributed by atoms with Crippen molar-refractivity contribution in [2.45, 2.75) is 111 Å². The molecule has 2 aliphatic carbocycles. The third-order valence-electron chi connectivity index (χ3n) is 9.33. The highest BCUT2D eigenvalue weighted by Crippen LogP contribution is 2.50. The van der Waals surface area contributed by atoms with E-state index in [1.54, 1.807) is 4.90 Å². The Morgan fingerprint density at radius 3 is 2.26 bits per heavy atom. The minimum absolute atomic E-state index is 0.0356. The van der Waals surface area contributed by atoms with Gasteiger partial charge in [-0.15, -0.1) is 0 Å². The van der Waals surface area contributed by atoms with Crippen LogP contribution >= 0.6 is 0 Å². The van der Waals surface area contributed by atoms with Gasteiger partial charge in [0.2, 0.25) is 10.0 Å². The van der Waals surface area contributed by atoms with Crippen LogP contribution in [0.25, 0.3) is 0 Å². The molecule has 2 saturated carbocycles. The largest absolute Gasteiger partial charge is 0.441 e. The van der Waals surface area contributed by atoms with Crippen molar-refractivity contribution in [3.8, 4) is 0 Å². The number of sulfonamides is 1. The molecule has 3 saturated heterocycles. The van der Waals surface area contributed by atoms with Gasteiger partial charge in [0.05, 0.1) is 29.8 Å². The summed E-state index contributed by atoms with van der Waals surface area (Å²) in [4.78, 5) is 14.9. The molecule has 5 aliphatic rings. The van der Waals surface area contributed by atoms with E-state index in [9.17, 15) is 27.1 Å². The summed E-state index contributed by atoms with van der Waals surface area (Å²) in [6, 6.07) is 0.795. The summed E-state index contributed by atoms with van der Waals surface area (Å²) in [7, 11) is -4.32. The monoisotopic (exact) mass is 554 g/mol. The van der Waals surface area contributed by atoms with E-state index in [0.29, 0.717) is 50.5 Å². The van der Waals surface area contributed by atoms with E-state index in [0.717, 1.165) is 37.8 Å². The highest BCUT2D eigenvalue weighted by Gasteiger charge is 2.62. The van der Waals surface area contributed by atoms with Crippen molar-refractivity contribution in [3.63, 3.8) is 0 Å². The molecule has 8 nitrogen and oxygen atoms in total. The number of halogens is 2. The maximum atomic E-state index is 14.1. The van der Waals surface area contributed by atoms with E-state index in [4.69, 9.17) is 9.47 Å². The van der Waals surface area contributed by atoms with Crippen LogP contribution in [0.2, 0.25) is 0 Å². The van der Waals surface area contributed by atoms with Gasteiger partial charge in [0.15, 0.2) is 0 Å². The molecular weight excluding hydrogens is 518 g/mol. The number of morpholine rings is 1. The number of piperidine rings is 1. The van der Waals surface area contributed by atoms with Crippen molar-refractivity contribution < 1.29 is 36.6 Å². The van der Waals surface area contributed by atoms with Crippen molar-refractivity contribution in [2.75, 3.05) is 13.2 Å². The molecule has 2 unspecified atom stereocenters. The van der Waals surface area contributed by atoms with E-state index in [2.05, 4.69) is 0 Å². The first-order valence-corrected chi connectivity index (χ1v) is 15.3. The number of rotatable bonds is 7. The van der Waals surface area contributed by atoms with E-state index in [-0.39, 0.29) is 25.3 Å². The first-order valence-electron chi connectivity index (χ1n) is 13.8. The molecule has 1 aromatic rings. The van der Waals surface area contributed by atoms with Crippen molar-refractivity contribution in [2.24, 2.45) is 5.92 Å². The molecule has 4 atom stereocenters. The van der Waals surface area contributed by atoms with Gasteiger partial charge in [-0.1, -0.05) is 19.8 Å². The fourth-order valence-corrected chi connectivity index (χ4v) is 8.83. The Hall–Kier alpha value is -1.82. The SMILES string of the molecule is CCC1(O)CC2CCC(C1)N2C(=O)OC1([C@H]2COC[C@@H](CC3CC3)N2S(=O)(=O)c2cc(F)cc(F)c2)CC1. The van der Waals surface area contributed by atoms with Gasteiger partial charge >= 0.3 is 6.09 Å². The van der Waals surface area contributed by atoms with Gasteiger partial charge in [-0.3, -0.25) is 0 Å². The molecule has 1 N–H and O–H groups in total. The molecule has 38 heavy (non-hydrogen) atoms. The first-order chi connectivity index (χ1) is 18.0. The zero-order chi connectivity index (χ0) is 26.9. The fourth-order valence-electron chi connectivity index (χ4n) is 6.94. The van der Waals surface area contributed by atoms with Crippen LogP contribution in [0, 0.1) is 17.6 Å². The Bertz CT molecular complexity index is 1170. The Morgan fingerprint density at radius 1 is 1.08 bits per heavy atom. The summed E-state index contributed by atoms with van der Waals surface area (Å²) in [5.41, 5.74) is -1.84. The van der Waals surface area contributed by atoms with Crippen LogP contribution in [0.5, 0.6) is 0 Å². The molecule has 0 radical (unpaired) electrons. The van der Waals surface area contributed by atoms with Crippen LogP contribution < -0.4 is 0 Å². The lowest BCUT2D eigenvalue weighted by atomic mass is 9.84. The zero-order valence-corrected chi connectivity index (χ0v) is 22.5. The average molecular weight is 555 g/mol. The first kappa shape index (κ1) is 26.4. The predicted octanol–water partition coefficient (Wildman–Crippen LogP) is 3.96. The zero-order valence-electron chi connectivity index (χ0n) is 21.7. The molecule has 1 amide bonds. The molecule has 3 aliphatic heterocycles. The lowest BCUT2D eigenvalue weighted by Gasteiger charge is -2.46. The summed E-state index contributed by atoms with van der Waals surface area (Å²) >= 11 is 0. The molecule has 0 aromatic heterocycles. The number of nitrogens with zero attached hydrogens (tertiary/aromatic N) is 2. The number of fused-ring (bicyclic) bond motifs is 2. The Balaban J connectivity index is 1.28. The number of amides is 1. The third-order valence-corrected chi connectivity index (χ3v) is 11.3. The Labute approximate surface area is 222 Å². The molecule has 11 heteroatoms. The maximum Gasteiger partial charge on any atom is 0.410 e. The van der Waals surface area contributed by atoms with E-state index < -0.39 is 55.9 Å². The number of benzene rings is 1. The predicted molar refractivity (Wildman–Crippen MR) is 133 cm³/mol. The van der Waals surface area contributed by atoms with E-state index >= 15 is 0 Å². The van der Waals surface area contributed by atoms with Gasteiger partial charge in [-0.05, 0) is 69.4 Å². The summed E-state index contributed by atoms with van der Waals surface area (Å²) in [6.07, 6.45) is 6.32. The average Bonchev–Trinajstić information content (AvgIpc) is 3.79. The van der Waals surface area contributed by atoms with Gasteiger partial charge in [-0.25, -0.2) is 22.0 Å². The Morgan fingerprint density at radius 2 is 1.71 bits per heavy atom. The summed E-state index contributed by atoms with van der Waals surface area (Å²) in [5.74, 6) is -1.55. The summed E-state index contributed by atoms with van der Waals surface area (Å²) in [5, 5.41) is 10.9. The molecule has 1 aromatic carbocycles. The number of carbonyl (C=O) groups excluding carboxylic acids is 1. The van der Waals surface area contributed by atoms with Crippen molar-refractivity contribution in [1.82, 2.24) is 9.21 Å². The van der Waals surface area contributed by atoms with Crippen LogP contribution in [0.4, 0.5) is 13.6 Å². The van der Waals surface area contributed by atoms with Crippen LogP contribution in [-0.4, -0.2) is 77.4 Å². The van der Waals surface area contributed by atoms with Gasteiger partial charge in [0, 0.05) is 24.2 Å². The van der Waals surface area contributed by atoms with Crippen LogP contribution in [0.1, 0.15) is 71.1 Å². The molecule has 210 valence electrons. The second-order valence-corrected chi connectivity index (χ2v) is 13.9. The standard InChI is InChI=1S/C27H36F2N2O6S/c1-2-26(33)13-20-5-6-21(14-26)30(20)25(32)37-27(7-8-27)24-16-36-15-22(9-17-3-4-17)31(24)38(34,35)23-11-18(28)10-19(29)12-23/h10-12,17,20-22,24,33H,2-9,13-16H2,1H3/t20?,21?,22-,24-,26?/m1/s1. The third kappa shape index (κ3) is 4.73. The number of aliphatic hydroxyl groups is 1. The number of carbonyl (C=O) groups is 1. The minimum atomic E-state index is -4.32. The minimum Gasteiger partial charge on any atom is -0.441 e. The second-order valence-electron chi connectivity index (χ2n) is 12.0. The lowest BCUT2D eigenvalue weighted by Crippen LogP contribution is -2.61. The van der Waals surface area contributed by atoms with E-state index in [1.165, 1.54) is 4.31 Å². The second kappa shape index (κ2) is 9.38. The van der Waals surface area contributed by atoms with Gasteiger partial charge in [0.25, 0.3) is 0 Å². The topological polar surface area (TPSA) is 96.4 Å². The molecule has 0 spiro atoms. The van der Waals surface area contributed by atoms with Gasteiger partial charge in [-0.2, -0.15) is 4.31 Å². The van der Waals surface area contributed by atoms with Crippen molar-refractivity contribution in [1.29, 1.82) is 0 Å². The lowest BCUT2D eigenvalue weighted by molar-refractivity contribution is -0.0868. The van der Waals surface area contributed by atoms with Gasteiger partial charge in [0.1, 0.15) is 17.2 Å². The quantitative estimate of drug-likeness (QED) is 0.548. The maximum absolute atomic E-state index is 14.1. The molecular formula is C27H36F2N2O6S. The summed E-state index contributed by atoms with van der Waals surface area (Å²) < 4.78 is 69.5. The highest BCUT2D eigenvalue weighted by molar-refractivity contribution is 7.89. The van der Waals surface area contributed by atoms with Crippen LogP contribution in [-0.2, 0) is 19.5 Å². The molecule has 5 fully saturated rings. The fraction of sp³-hybridized carbons (Fsp3) is 0.741. The smallest absolute Gasteiger partial charge is 0.410 e. The molecule has 3 heterocycles. The number of hydrogen-bond donors (Lipinski definition) is 1. The normalized spacial score (nSPS) is 34.8. The van der Waals surface area contributed by atoms with Crippen molar-refractivity contribution in [3.05, 3.63) is 29.8 Å². The molecule has 6 rings (SSSR count). The number of hydrogen-bond acceptors (Lipinski definition) is 6. The van der Waals surface area contributed by atoms with Crippen molar-refractivity contribution >= 4 is 16.1 Å². The van der Waals surface area contributed by atoms with Crippen LogP contribution in [0.3, 0.4) is 0 Å². The Kier molecular flexibility index (Phi) is 6.52. The van der Waals surface area contributed by atoms with E-state index in [1.807, 2.05) is 6.92 Å². The van der Waals surface area contributed by atoms with Gasteiger partial charge < -0.3 is 19.5 Å². The summed E-state index contributed by atoms with van der Waals surface area (Å²) in [6.45, 7) is 2.17. The molecule has 2 bridgehead atoms. The number of ether oxygens (including phenoxy) is 2. The van der Waals surface area contributed by atoms with Crippen LogP contribution in [0.15, 0.2) is 23.1 Å².